The summed E-state index contributed by atoms with van der Waals surface area (Å²) in [5.74, 6) is -0.873. The molecule has 0 aromatic heterocycles. The van der Waals surface area contributed by atoms with Crippen LogP contribution in [0.25, 0.3) is 6.08 Å². The Hall–Kier alpha value is -3.51. The number of nitrogens with zero attached hydrogens (tertiary/aromatic N) is 1. The topological polar surface area (TPSA) is 105 Å². The van der Waals surface area contributed by atoms with E-state index in [1.54, 1.807) is 37.3 Å². The Morgan fingerprint density at radius 3 is 2.37 bits per heavy atom. The highest BCUT2D eigenvalue weighted by molar-refractivity contribution is 7.87. The summed E-state index contributed by atoms with van der Waals surface area (Å²) in [5, 5.41) is 12.5. The van der Waals surface area contributed by atoms with Crippen molar-refractivity contribution in [3.8, 4) is 17.6 Å². The molecule has 3 aromatic carbocycles. The molecule has 10 heteroatoms. The Morgan fingerprint density at radius 1 is 1.06 bits per heavy atom. The molecule has 35 heavy (non-hydrogen) atoms. The van der Waals surface area contributed by atoms with Crippen LogP contribution in [0, 0.1) is 25.2 Å². The summed E-state index contributed by atoms with van der Waals surface area (Å²) >= 11 is 12.3. The van der Waals surface area contributed by atoms with Crippen molar-refractivity contribution in [3.05, 3.63) is 86.9 Å². The van der Waals surface area contributed by atoms with E-state index in [1.807, 2.05) is 13.0 Å². The van der Waals surface area contributed by atoms with E-state index in [0.29, 0.717) is 16.3 Å². The first-order valence-electron chi connectivity index (χ1n) is 10.1. The van der Waals surface area contributed by atoms with Gasteiger partial charge in [0, 0.05) is 10.7 Å². The highest BCUT2D eigenvalue weighted by atomic mass is 35.5. The van der Waals surface area contributed by atoms with E-state index in [2.05, 4.69) is 5.32 Å². The maximum Gasteiger partial charge on any atom is 0.339 e. The number of ether oxygens (including phenoxy) is 1. The summed E-state index contributed by atoms with van der Waals surface area (Å²) in [5.41, 5.74) is 2.22. The Kier molecular flexibility index (Phi) is 8.07. The van der Waals surface area contributed by atoms with Crippen LogP contribution in [0.4, 0.5) is 5.69 Å². The molecule has 3 aromatic rings. The Balaban J connectivity index is 1.92. The molecular formula is C25H20Cl2N2O5S. The first-order chi connectivity index (χ1) is 16.5. The predicted octanol–water partition coefficient (Wildman–Crippen LogP) is 5.93. The molecule has 180 valence electrons. The maximum absolute atomic E-state index is 12.7. The third-order valence-corrected chi connectivity index (χ3v) is 6.63. The molecule has 0 heterocycles. The molecule has 0 spiro atoms. The van der Waals surface area contributed by atoms with E-state index < -0.39 is 16.0 Å². The average molecular weight is 531 g/mol. The number of halogens is 2. The van der Waals surface area contributed by atoms with Crippen molar-refractivity contribution >= 4 is 51.0 Å². The second kappa shape index (κ2) is 10.8. The number of aryl methyl sites for hydroxylation is 2. The average Bonchev–Trinajstić information content (AvgIpc) is 2.81. The number of hydrogen-bond acceptors (Lipinski definition) is 6. The van der Waals surface area contributed by atoms with Gasteiger partial charge in [-0.05, 0) is 67.4 Å². The van der Waals surface area contributed by atoms with E-state index in [1.165, 1.54) is 37.5 Å². The summed E-state index contributed by atoms with van der Waals surface area (Å²) in [6.07, 6.45) is 1.29. The summed E-state index contributed by atoms with van der Waals surface area (Å²) in [7, 11) is -2.88. The van der Waals surface area contributed by atoms with Gasteiger partial charge in [0.05, 0.1) is 12.1 Å². The Labute approximate surface area is 213 Å². The van der Waals surface area contributed by atoms with E-state index in [4.69, 9.17) is 32.1 Å². The van der Waals surface area contributed by atoms with Crippen LogP contribution in [0.3, 0.4) is 0 Å². The zero-order valence-electron chi connectivity index (χ0n) is 18.9. The van der Waals surface area contributed by atoms with E-state index in [0.717, 1.165) is 11.1 Å². The van der Waals surface area contributed by atoms with Gasteiger partial charge in [0.2, 0.25) is 5.75 Å². The van der Waals surface area contributed by atoms with Crippen LogP contribution in [0.15, 0.2) is 65.1 Å². The molecule has 0 saturated heterocycles. The van der Waals surface area contributed by atoms with Gasteiger partial charge >= 0.3 is 10.1 Å². The third kappa shape index (κ3) is 6.34. The number of carbonyl (C=O) groups excluding carboxylic acids is 1. The fraction of sp³-hybridized carbons (Fsp3) is 0.120. The lowest BCUT2D eigenvalue weighted by atomic mass is 10.1. The van der Waals surface area contributed by atoms with Gasteiger partial charge in [-0.25, -0.2) is 0 Å². The minimum absolute atomic E-state index is 0.00261. The van der Waals surface area contributed by atoms with Crippen LogP contribution in [0.2, 0.25) is 10.0 Å². The van der Waals surface area contributed by atoms with Gasteiger partial charge in [-0.3, -0.25) is 4.79 Å². The lowest BCUT2D eigenvalue weighted by Crippen LogP contribution is -2.14. The molecule has 0 aliphatic heterocycles. The Bertz CT molecular complexity index is 1460. The summed E-state index contributed by atoms with van der Waals surface area (Å²) in [4.78, 5) is 12.6. The molecule has 0 bridgehead atoms. The lowest BCUT2D eigenvalue weighted by Gasteiger charge is -2.13. The van der Waals surface area contributed by atoms with Crippen molar-refractivity contribution in [2.45, 2.75) is 18.7 Å². The van der Waals surface area contributed by atoms with Gasteiger partial charge in [0.15, 0.2) is 5.75 Å². The van der Waals surface area contributed by atoms with Gasteiger partial charge in [-0.1, -0.05) is 47.0 Å². The zero-order valence-corrected chi connectivity index (χ0v) is 21.3. The fourth-order valence-corrected chi connectivity index (χ4v) is 4.43. The number of rotatable bonds is 7. The molecule has 0 aliphatic carbocycles. The molecule has 0 radical (unpaired) electrons. The molecule has 0 atom stereocenters. The normalized spacial score (nSPS) is 11.5. The quantitative estimate of drug-likeness (QED) is 0.230. The smallest absolute Gasteiger partial charge is 0.339 e. The van der Waals surface area contributed by atoms with E-state index >= 15 is 0 Å². The molecule has 3 rings (SSSR count). The number of hydrogen-bond donors (Lipinski definition) is 1. The number of nitrogens with one attached hydrogen (secondary N) is 1. The number of anilines is 1. The Morgan fingerprint density at radius 2 is 1.74 bits per heavy atom. The minimum atomic E-state index is -4.19. The van der Waals surface area contributed by atoms with Gasteiger partial charge in [0.25, 0.3) is 5.91 Å². The number of methoxy groups -OCH3 is 1. The molecule has 7 nitrogen and oxygen atoms in total. The van der Waals surface area contributed by atoms with Crippen LogP contribution in [-0.2, 0) is 14.9 Å². The van der Waals surface area contributed by atoms with Gasteiger partial charge in [0.1, 0.15) is 16.5 Å². The third-order valence-electron chi connectivity index (χ3n) is 4.88. The second-order valence-electron chi connectivity index (χ2n) is 7.47. The summed E-state index contributed by atoms with van der Waals surface area (Å²) in [6.45, 7) is 3.62. The predicted molar refractivity (Wildman–Crippen MR) is 135 cm³/mol. The molecule has 1 N–H and O–H groups in total. The van der Waals surface area contributed by atoms with E-state index in [9.17, 15) is 18.5 Å². The van der Waals surface area contributed by atoms with Gasteiger partial charge < -0.3 is 14.2 Å². The van der Waals surface area contributed by atoms with Crippen molar-refractivity contribution in [3.63, 3.8) is 0 Å². The van der Waals surface area contributed by atoms with Crippen LogP contribution in [-0.4, -0.2) is 21.4 Å². The number of benzene rings is 3. The number of amides is 1. The van der Waals surface area contributed by atoms with Crippen LogP contribution >= 0.6 is 23.2 Å². The van der Waals surface area contributed by atoms with Crippen LogP contribution in [0.5, 0.6) is 11.5 Å². The number of carbonyl (C=O) groups is 1. The van der Waals surface area contributed by atoms with Crippen molar-refractivity contribution in [2.24, 2.45) is 0 Å². The summed E-state index contributed by atoms with van der Waals surface area (Å²) in [6, 6.07) is 15.7. The van der Waals surface area contributed by atoms with Crippen molar-refractivity contribution in [1.29, 1.82) is 5.26 Å². The monoisotopic (exact) mass is 530 g/mol. The molecule has 0 fully saturated rings. The zero-order chi connectivity index (χ0) is 25.8. The highest BCUT2D eigenvalue weighted by Gasteiger charge is 2.22. The van der Waals surface area contributed by atoms with Gasteiger partial charge in [-0.2, -0.15) is 13.7 Å². The highest BCUT2D eigenvalue weighted by Crippen LogP contribution is 2.39. The first-order valence-corrected chi connectivity index (χ1v) is 12.3. The molecule has 0 unspecified atom stereocenters. The van der Waals surface area contributed by atoms with E-state index in [-0.39, 0.29) is 27.0 Å². The SMILES string of the molecule is COc1cc(/C=C(\C#N)C(=O)Nc2cc(Cl)ccc2C)cc(Cl)c1OS(=O)(=O)c1ccc(C)cc1. The standard InChI is InChI=1S/C25H20Cl2N2O5S/c1-15-4-8-20(9-5-15)35(31,32)34-24-21(27)11-17(12-23(24)33-3)10-18(14-28)25(30)29-22-13-19(26)7-6-16(22)2/h4-13H,1-3H3,(H,29,30)/b18-10+. The fourth-order valence-electron chi connectivity index (χ4n) is 3.00. The van der Waals surface area contributed by atoms with Crippen molar-refractivity contribution in [1.82, 2.24) is 0 Å². The van der Waals surface area contributed by atoms with Gasteiger partial charge in [-0.15, -0.1) is 0 Å². The molecule has 0 saturated carbocycles. The molecular weight excluding hydrogens is 511 g/mol. The maximum atomic E-state index is 12.7. The first kappa shape index (κ1) is 26.1. The van der Waals surface area contributed by atoms with Crippen molar-refractivity contribution in [2.75, 3.05) is 12.4 Å². The number of nitriles is 1. The second-order valence-corrected chi connectivity index (χ2v) is 9.86. The largest absolute Gasteiger partial charge is 0.493 e. The molecule has 0 aliphatic rings. The van der Waals surface area contributed by atoms with Crippen LogP contribution < -0.4 is 14.2 Å². The molecule has 1 amide bonds. The van der Waals surface area contributed by atoms with Crippen LogP contribution in [0.1, 0.15) is 16.7 Å². The summed E-state index contributed by atoms with van der Waals surface area (Å²) < 4.78 is 35.9. The van der Waals surface area contributed by atoms with Crippen molar-refractivity contribution < 1.29 is 22.1 Å². The minimum Gasteiger partial charge on any atom is -0.493 e. The lowest BCUT2D eigenvalue weighted by molar-refractivity contribution is -0.112.